The molecule has 1 fully saturated rings. The van der Waals surface area contributed by atoms with Gasteiger partial charge in [0.15, 0.2) is 0 Å². The molecule has 1 aromatic rings. The molecule has 1 atom stereocenters. The maximum absolute atomic E-state index is 5.78. The molecule has 0 saturated carbocycles. The van der Waals surface area contributed by atoms with Crippen molar-refractivity contribution in [1.29, 1.82) is 0 Å². The summed E-state index contributed by atoms with van der Waals surface area (Å²) in [4.78, 5) is 2.38. The van der Waals surface area contributed by atoms with E-state index in [4.69, 9.17) is 4.74 Å². The minimum Gasteiger partial charge on any atom is -0.467 e. The van der Waals surface area contributed by atoms with E-state index in [0.717, 1.165) is 31.1 Å². The lowest BCUT2D eigenvalue weighted by Crippen LogP contribution is -2.40. The fourth-order valence-electron chi connectivity index (χ4n) is 2.26. The van der Waals surface area contributed by atoms with Crippen LogP contribution in [0.4, 0.5) is 0 Å². The Morgan fingerprint density at radius 1 is 1.42 bits per heavy atom. The Hall–Kier alpha value is -0.720. The second-order valence-electron chi connectivity index (χ2n) is 5.08. The molecule has 1 unspecified atom stereocenters. The van der Waals surface area contributed by atoms with Crippen molar-refractivity contribution in [3.8, 4) is 5.19 Å². The maximum Gasteiger partial charge on any atom is 0.294 e. The first-order valence-corrected chi connectivity index (χ1v) is 7.97. The van der Waals surface area contributed by atoms with Crippen LogP contribution < -0.4 is 10.1 Å². The molecule has 1 aliphatic heterocycles. The van der Waals surface area contributed by atoms with Crippen molar-refractivity contribution < 1.29 is 4.74 Å². The molecule has 1 N–H and O–H groups in total. The summed E-state index contributed by atoms with van der Waals surface area (Å²) in [6.07, 6.45) is 4.97. The number of nitrogens with zero attached hydrogens (tertiary/aromatic N) is 3. The van der Waals surface area contributed by atoms with Gasteiger partial charge in [-0.3, -0.25) is 0 Å². The minimum absolute atomic E-state index is 0.527. The van der Waals surface area contributed by atoms with E-state index in [1.165, 1.54) is 25.8 Å². The molecule has 0 bridgehead atoms. The summed E-state index contributed by atoms with van der Waals surface area (Å²) in [7, 11) is 2.17. The summed E-state index contributed by atoms with van der Waals surface area (Å²) in [5, 5.41) is 13.3. The average molecular weight is 284 g/mol. The summed E-state index contributed by atoms with van der Waals surface area (Å²) in [5.74, 6) is 0. The maximum atomic E-state index is 5.78. The van der Waals surface area contributed by atoms with Crippen molar-refractivity contribution in [2.45, 2.75) is 45.2 Å². The predicted octanol–water partition coefficient (Wildman–Crippen LogP) is 1.90. The first-order chi connectivity index (χ1) is 9.29. The molecule has 2 heterocycles. The fraction of sp³-hybridized carbons (Fsp3) is 0.846. The van der Waals surface area contributed by atoms with Crippen LogP contribution in [-0.4, -0.2) is 47.9 Å². The number of rotatable bonds is 7. The molecule has 0 spiro atoms. The number of ether oxygens (including phenoxy) is 1. The van der Waals surface area contributed by atoms with Crippen molar-refractivity contribution >= 4 is 11.3 Å². The standard InChI is InChI=1S/C13H24N4OS/c1-3-7-14-9-12-15-16-13(19-12)18-10-11-6-4-5-8-17(11)2/h11,14H,3-10H2,1-2H3. The fourth-order valence-corrected chi connectivity index (χ4v) is 2.93. The number of likely N-dealkylation sites (N-methyl/N-ethyl adjacent to an activating group) is 1. The van der Waals surface area contributed by atoms with Crippen molar-refractivity contribution in [3.63, 3.8) is 0 Å². The molecule has 1 aromatic heterocycles. The molecule has 108 valence electrons. The Labute approximate surface area is 119 Å². The van der Waals surface area contributed by atoms with Gasteiger partial charge in [0, 0.05) is 12.6 Å². The van der Waals surface area contributed by atoms with E-state index in [9.17, 15) is 0 Å². The first-order valence-electron chi connectivity index (χ1n) is 7.15. The Morgan fingerprint density at radius 3 is 3.11 bits per heavy atom. The molecule has 5 nitrogen and oxygen atoms in total. The van der Waals surface area contributed by atoms with Gasteiger partial charge in [0.25, 0.3) is 5.19 Å². The van der Waals surface area contributed by atoms with Gasteiger partial charge in [-0.1, -0.05) is 24.7 Å². The topological polar surface area (TPSA) is 50.3 Å². The van der Waals surface area contributed by atoms with Crippen LogP contribution >= 0.6 is 11.3 Å². The van der Waals surface area contributed by atoms with E-state index in [-0.39, 0.29) is 0 Å². The van der Waals surface area contributed by atoms with Crippen molar-refractivity contribution in [3.05, 3.63) is 5.01 Å². The third kappa shape index (κ3) is 4.71. The van der Waals surface area contributed by atoms with Crippen molar-refractivity contribution in [2.75, 3.05) is 26.7 Å². The van der Waals surface area contributed by atoms with Gasteiger partial charge in [0.2, 0.25) is 0 Å². The second-order valence-corrected chi connectivity index (χ2v) is 6.10. The van der Waals surface area contributed by atoms with Gasteiger partial charge < -0.3 is 15.0 Å². The van der Waals surface area contributed by atoms with Gasteiger partial charge in [-0.25, -0.2) is 0 Å². The normalized spacial score (nSPS) is 20.6. The molecule has 1 aliphatic rings. The first kappa shape index (κ1) is 14.7. The van der Waals surface area contributed by atoms with E-state index in [1.807, 2.05) is 0 Å². The van der Waals surface area contributed by atoms with Gasteiger partial charge >= 0.3 is 0 Å². The second kappa shape index (κ2) is 7.77. The summed E-state index contributed by atoms with van der Waals surface area (Å²) in [6, 6.07) is 0.527. The van der Waals surface area contributed by atoms with Gasteiger partial charge in [0.1, 0.15) is 11.6 Å². The Kier molecular flexibility index (Phi) is 6.00. The van der Waals surface area contributed by atoms with E-state index < -0.39 is 0 Å². The molecule has 0 radical (unpaired) electrons. The Bertz CT molecular complexity index is 371. The molecule has 2 rings (SSSR count). The highest BCUT2D eigenvalue weighted by Crippen LogP contribution is 2.20. The lowest BCUT2D eigenvalue weighted by atomic mass is 10.0. The number of nitrogens with one attached hydrogen (secondary N) is 1. The highest BCUT2D eigenvalue weighted by Gasteiger charge is 2.20. The SMILES string of the molecule is CCCNCc1nnc(OCC2CCCCN2C)s1. The molecular formula is C13H24N4OS. The van der Waals surface area contributed by atoms with Crippen molar-refractivity contribution in [2.24, 2.45) is 0 Å². The van der Waals surface area contributed by atoms with Crippen LogP contribution in [0.1, 0.15) is 37.6 Å². The van der Waals surface area contributed by atoms with Crippen LogP contribution in [0.25, 0.3) is 0 Å². The number of piperidine rings is 1. The van der Waals surface area contributed by atoms with Crippen LogP contribution in [0, 0.1) is 0 Å². The minimum atomic E-state index is 0.527. The van der Waals surface area contributed by atoms with Crippen LogP contribution in [0.5, 0.6) is 5.19 Å². The van der Waals surface area contributed by atoms with Gasteiger partial charge in [0.05, 0.1) is 0 Å². The third-order valence-corrected chi connectivity index (χ3v) is 4.31. The molecular weight excluding hydrogens is 260 g/mol. The summed E-state index contributed by atoms with van der Waals surface area (Å²) < 4.78 is 5.78. The van der Waals surface area contributed by atoms with E-state index in [0.29, 0.717) is 11.2 Å². The summed E-state index contributed by atoms with van der Waals surface area (Å²) in [6.45, 7) is 5.87. The molecule has 0 aliphatic carbocycles. The van der Waals surface area contributed by atoms with E-state index in [1.54, 1.807) is 11.3 Å². The summed E-state index contributed by atoms with van der Waals surface area (Å²) >= 11 is 1.55. The van der Waals surface area contributed by atoms with Gasteiger partial charge in [-0.15, -0.1) is 10.2 Å². The quantitative estimate of drug-likeness (QED) is 0.775. The monoisotopic (exact) mass is 284 g/mol. The highest BCUT2D eigenvalue weighted by molar-refractivity contribution is 7.13. The van der Waals surface area contributed by atoms with Crippen LogP contribution in [-0.2, 0) is 6.54 Å². The molecule has 19 heavy (non-hydrogen) atoms. The number of aromatic nitrogens is 2. The van der Waals surface area contributed by atoms with Crippen LogP contribution in [0.15, 0.2) is 0 Å². The number of likely N-dealkylation sites (tertiary alicyclic amines) is 1. The third-order valence-electron chi connectivity index (χ3n) is 3.47. The Balaban J connectivity index is 1.73. The zero-order valence-electron chi connectivity index (χ0n) is 11.9. The predicted molar refractivity (Wildman–Crippen MR) is 77.7 cm³/mol. The zero-order valence-corrected chi connectivity index (χ0v) is 12.7. The lowest BCUT2D eigenvalue weighted by molar-refractivity contribution is 0.124. The number of hydrogen-bond acceptors (Lipinski definition) is 6. The zero-order chi connectivity index (χ0) is 13.5. The summed E-state index contributed by atoms with van der Waals surface area (Å²) in [5.41, 5.74) is 0. The smallest absolute Gasteiger partial charge is 0.294 e. The highest BCUT2D eigenvalue weighted by atomic mass is 32.1. The number of hydrogen-bond donors (Lipinski definition) is 1. The van der Waals surface area contributed by atoms with Crippen LogP contribution in [0.3, 0.4) is 0 Å². The Morgan fingerprint density at radius 2 is 2.32 bits per heavy atom. The van der Waals surface area contributed by atoms with Gasteiger partial charge in [-0.05, 0) is 39.4 Å². The largest absolute Gasteiger partial charge is 0.467 e. The lowest BCUT2D eigenvalue weighted by Gasteiger charge is -2.31. The molecule has 1 saturated heterocycles. The van der Waals surface area contributed by atoms with E-state index >= 15 is 0 Å². The molecule has 0 amide bonds. The average Bonchev–Trinajstić information content (AvgIpc) is 2.86. The van der Waals surface area contributed by atoms with Gasteiger partial charge in [-0.2, -0.15) is 0 Å². The molecule has 0 aromatic carbocycles. The van der Waals surface area contributed by atoms with E-state index in [2.05, 4.69) is 34.4 Å². The van der Waals surface area contributed by atoms with Crippen molar-refractivity contribution in [1.82, 2.24) is 20.4 Å². The van der Waals surface area contributed by atoms with Crippen LogP contribution in [0.2, 0.25) is 0 Å². The molecule has 6 heteroatoms.